The molecule has 5 rings (SSSR count). The lowest BCUT2D eigenvalue weighted by molar-refractivity contribution is 0.486. The molecule has 0 aliphatic heterocycles. The predicted octanol–water partition coefficient (Wildman–Crippen LogP) is 5.99. The highest BCUT2D eigenvalue weighted by atomic mass is 19.1. The summed E-state index contributed by atoms with van der Waals surface area (Å²) in [6, 6.07) is 25.4. The average molecular weight is 368 g/mol. The standard InChI is InChI=1S/C23H17FN4/c24-14-16-8-2-3-9-17(16)21-13-15-7-1-4-10-18(15)22(25-21)26-23-19-11-5-6-12-20(19)27-28-23/h1-13H,14H2,(H2,25,26,27,28). The van der Waals surface area contributed by atoms with Crippen LogP contribution in [0.3, 0.4) is 0 Å². The molecule has 5 heteroatoms. The van der Waals surface area contributed by atoms with Gasteiger partial charge in [0.25, 0.3) is 0 Å². The van der Waals surface area contributed by atoms with Gasteiger partial charge in [-0.3, -0.25) is 5.10 Å². The minimum Gasteiger partial charge on any atom is -0.322 e. The number of anilines is 2. The molecule has 28 heavy (non-hydrogen) atoms. The van der Waals surface area contributed by atoms with Crippen LogP contribution in [0.25, 0.3) is 32.9 Å². The van der Waals surface area contributed by atoms with Crippen molar-refractivity contribution in [2.24, 2.45) is 0 Å². The molecule has 2 N–H and O–H groups in total. The van der Waals surface area contributed by atoms with Crippen LogP contribution in [0, 0.1) is 0 Å². The first-order valence-corrected chi connectivity index (χ1v) is 9.07. The molecule has 0 aliphatic carbocycles. The summed E-state index contributed by atoms with van der Waals surface area (Å²) in [4.78, 5) is 4.83. The van der Waals surface area contributed by atoms with E-state index in [4.69, 9.17) is 4.98 Å². The quantitative estimate of drug-likeness (QED) is 0.410. The maximum Gasteiger partial charge on any atom is 0.161 e. The lowest BCUT2D eigenvalue weighted by atomic mass is 10.0. The van der Waals surface area contributed by atoms with Crippen LogP contribution in [0.1, 0.15) is 5.56 Å². The van der Waals surface area contributed by atoms with Crippen molar-refractivity contribution in [2.75, 3.05) is 5.32 Å². The van der Waals surface area contributed by atoms with E-state index in [9.17, 15) is 4.39 Å². The van der Waals surface area contributed by atoms with Gasteiger partial charge >= 0.3 is 0 Å². The molecule has 2 heterocycles. The van der Waals surface area contributed by atoms with Gasteiger partial charge in [0.15, 0.2) is 5.82 Å². The number of alkyl halides is 1. The zero-order valence-electron chi connectivity index (χ0n) is 15.0. The highest BCUT2D eigenvalue weighted by molar-refractivity contribution is 5.99. The summed E-state index contributed by atoms with van der Waals surface area (Å²) in [5.41, 5.74) is 3.11. The van der Waals surface area contributed by atoms with Crippen molar-refractivity contribution in [3.05, 3.63) is 84.4 Å². The van der Waals surface area contributed by atoms with Crippen molar-refractivity contribution in [3.8, 4) is 11.3 Å². The molecule has 0 fully saturated rings. The van der Waals surface area contributed by atoms with Crippen molar-refractivity contribution in [3.63, 3.8) is 0 Å². The zero-order chi connectivity index (χ0) is 18.9. The third-order valence-electron chi connectivity index (χ3n) is 4.88. The first-order valence-electron chi connectivity index (χ1n) is 9.07. The van der Waals surface area contributed by atoms with Crippen molar-refractivity contribution in [1.82, 2.24) is 15.2 Å². The van der Waals surface area contributed by atoms with Gasteiger partial charge in [-0.05, 0) is 29.1 Å². The van der Waals surface area contributed by atoms with E-state index in [1.54, 1.807) is 6.07 Å². The minimum absolute atomic E-state index is 0.530. The molecule has 136 valence electrons. The van der Waals surface area contributed by atoms with Crippen molar-refractivity contribution < 1.29 is 4.39 Å². The summed E-state index contributed by atoms with van der Waals surface area (Å²) >= 11 is 0. The molecular formula is C23H17FN4. The molecule has 0 saturated heterocycles. The Balaban J connectivity index is 1.69. The van der Waals surface area contributed by atoms with Gasteiger partial charge in [-0.1, -0.05) is 60.7 Å². The van der Waals surface area contributed by atoms with Crippen molar-refractivity contribution >= 4 is 33.3 Å². The molecule has 0 radical (unpaired) electrons. The Bertz CT molecular complexity index is 1290. The average Bonchev–Trinajstić information content (AvgIpc) is 3.16. The van der Waals surface area contributed by atoms with Crippen LogP contribution in [-0.4, -0.2) is 15.2 Å². The maximum atomic E-state index is 13.5. The number of para-hydroxylation sites is 1. The number of hydrogen-bond acceptors (Lipinski definition) is 3. The van der Waals surface area contributed by atoms with Crippen LogP contribution in [0.4, 0.5) is 16.0 Å². The number of halogens is 1. The Morgan fingerprint density at radius 2 is 1.57 bits per heavy atom. The van der Waals surface area contributed by atoms with Crippen LogP contribution in [0.15, 0.2) is 78.9 Å². The Morgan fingerprint density at radius 1 is 0.821 bits per heavy atom. The van der Waals surface area contributed by atoms with Crippen molar-refractivity contribution in [1.29, 1.82) is 0 Å². The number of pyridine rings is 1. The molecule has 4 nitrogen and oxygen atoms in total. The van der Waals surface area contributed by atoms with Gasteiger partial charge < -0.3 is 5.32 Å². The topological polar surface area (TPSA) is 53.6 Å². The number of fused-ring (bicyclic) bond motifs is 2. The normalized spacial score (nSPS) is 11.2. The summed E-state index contributed by atoms with van der Waals surface area (Å²) in [5, 5.41) is 13.8. The van der Waals surface area contributed by atoms with E-state index in [-0.39, 0.29) is 0 Å². The molecule has 0 amide bonds. The fourth-order valence-corrected chi connectivity index (χ4v) is 3.49. The van der Waals surface area contributed by atoms with E-state index >= 15 is 0 Å². The number of benzene rings is 3. The SMILES string of the molecule is FCc1ccccc1-c1cc2ccccc2c(Nc2n[nH]c3ccccc23)n1. The summed E-state index contributed by atoms with van der Waals surface area (Å²) < 4.78 is 13.5. The maximum absolute atomic E-state index is 13.5. The first-order chi connectivity index (χ1) is 13.8. The number of rotatable bonds is 4. The number of H-pyrrole nitrogens is 1. The molecule has 0 unspecified atom stereocenters. The minimum atomic E-state index is -0.530. The lowest BCUT2D eigenvalue weighted by Gasteiger charge is -2.12. The third kappa shape index (κ3) is 2.77. The van der Waals surface area contributed by atoms with Crippen LogP contribution in [0.2, 0.25) is 0 Å². The van der Waals surface area contributed by atoms with Crippen LogP contribution in [0.5, 0.6) is 0 Å². The molecule has 0 saturated carbocycles. The molecular weight excluding hydrogens is 351 g/mol. The summed E-state index contributed by atoms with van der Waals surface area (Å²) in [6.45, 7) is -0.530. The van der Waals surface area contributed by atoms with E-state index in [1.165, 1.54) is 0 Å². The number of nitrogens with one attached hydrogen (secondary N) is 2. The van der Waals surface area contributed by atoms with Gasteiger partial charge in [0, 0.05) is 16.3 Å². The largest absolute Gasteiger partial charge is 0.322 e. The van der Waals surface area contributed by atoms with Gasteiger partial charge in [-0.2, -0.15) is 5.10 Å². The molecule has 0 bridgehead atoms. The van der Waals surface area contributed by atoms with Gasteiger partial charge in [-0.15, -0.1) is 0 Å². The monoisotopic (exact) mass is 368 g/mol. The van der Waals surface area contributed by atoms with E-state index in [2.05, 4.69) is 15.5 Å². The second-order valence-corrected chi connectivity index (χ2v) is 6.61. The van der Waals surface area contributed by atoms with E-state index in [0.717, 1.165) is 32.9 Å². The number of hydrogen-bond donors (Lipinski definition) is 2. The molecule has 0 spiro atoms. The Kier molecular flexibility index (Phi) is 3.98. The van der Waals surface area contributed by atoms with Crippen molar-refractivity contribution in [2.45, 2.75) is 6.67 Å². The summed E-state index contributed by atoms with van der Waals surface area (Å²) in [7, 11) is 0. The second-order valence-electron chi connectivity index (χ2n) is 6.61. The second kappa shape index (κ2) is 6.78. The molecule has 2 aromatic heterocycles. The lowest BCUT2D eigenvalue weighted by Crippen LogP contribution is -1.98. The van der Waals surface area contributed by atoms with E-state index in [0.29, 0.717) is 17.2 Å². The molecule has 0 atom stereocenters. The van der Waals surface area contributed by atoms with Crippen LogP contribution in [-0.2, 0) is 6.67 Å². The predicted molar refractivity (Wildman–Crippen MR) is 111 cm³/mol. The number of aromatic nitrogens is 3. The highest BCUT2D eigenvalue weighted by Gasteiger charge is 2.13. The summed E-state index contributed by atoms with van der Waals surface area (Å²) in [6.07, 6.45) is 0. The Morgan fingerprint density at radius 3 is 2.46 bits per heavy atom. The van der Waals surface area contributed by atoms with Crippen LogP contribution >= 0.6 is 0 Å². The van der Waals surface area contributed by atoms with Gasteiger partial charge in [-0.25, -0.2) is 9.37 Å². The number of nitrogens with zero attached hydrogens (tertiary/aromatic N) is 2. The molecule has 3 aromatic carbocycles. The van der Waals surface area contributed by atoms with Gasteiger partial charge in [0.05, 0.1) is 11.2 Å². The molecule has 5 aromatic rings. The Labute approximate surface area is 161 Å². The fraction of sp³-hybridized carbons (Fsp3) is 0.0435. The summed E-state index contributed by atoms with van der Waals surface area (Å²) in [5.74, 6) is 1.41. The van der Waals surface area contributed by atoms with Crippen LogP contribution < -0.4 is 5.32 Å². The Hall–Kier alpha value is -3.73. The van der Waals surface area contributed by atoms with Gasteiger partial charge in [0.2, 0.25) is 0 Å². The smallest absolute Gasteiger partial charge is 0.161 e. The van der Waals surface area contributed by atoms with E-state index in [1.807, 2.05) is 72.8 Å². The highest BCUT2D eigenvalue weighted by Crippen LogP contribution is 2.32. The van der Waals surface area contributed by atoms with E-state index < -0.39 is 6.67 Å². The third-order valence-corrected chi connectivity index (χ3v) is 4.88. The molecule has 0 aliphatic rings. The fourth-order valence-electron chi connectivity index (χ4n) is 3.49. The zero-order valence-corrected chi connectivity index (χ0v) is 15.0. The number of aromatic amines is 1. The first kappa shape index (κ1) is 16.4. The van der Waals surface area contributed by atoms with Gasteiger partial charge in [0.1, 0.15) is 12.5 Å².